The van der Waals surface area contributed by atoms with Crippen LogP contribution in [0.5, 0.6) is 0 Å². The second kappa shape index (κ2) is 10.1. The molecule has 0 radical (unpaired) electrons. The minimum absolute atomic E-state index is 0.0342. The normalized spacial score (nSPS) is 17.3. The van der Waals surface area contributed by atoms with Crippen molar-refractivity contribution in [3.63, 3.8) is 0 Å². The number of thiocarbonyl (C=S) groups is 1. The maximum Gasteiger partial charge on any atom is 0.244 e. The number of carbonyl (C=O) groups excluding carboxylic acids is 1. The first-order valence-electron chi connectivity index (χ1n) is 10.9. The molecule has 0 unspecified atom stereocenters. The molecule has 9 heteroatoms. The number of anilines is 1. The van der Waals surface area contributed by atoms with Crippen molar-refractivity contribution < 1.29 is 9.21 Å². The van der Waals surface area contributed by atoms with Crippen LogP contribution in [0.1, 0.15) is 23.5 Å². The van der Waals surface area contributed by atoms with Crippen molar-refractivity contribution in [3.05, 3.63) is 107 Å². The van der Waals surface area contributed by atoms with Crippen LogP contribution in [0.3, 0.4) is 0 Å². The highest BCUT2D eigenvalue weighted by Crippen LogP contribution is 2.41. The van der Waals surface area contributed by atoms with Crippen LogP contribution < -0.4 is 10.6 Å². The van der Waals surface area contributed by atoms with E-state index < -0.39 is 6.04 Å². The zero-order valence-electron chi connectivity index (χ0n) is 18.3. The molecule has 1 amide bonds. The summed E-state index contributed by atoms with van der Waals surface area (Å²) in [6.07, 6.45) is 1.73. The lowest BCUT2D eigenvalue weighted by Crippen LogP contribution is -2.36. The molecular weight excluding hydrogens is 503 g/mol. The lowest BCUT2D eigenvalue weighted by Gasteiger charge is -2.25. The van der Waals surface area contributed by atoms with Crippen LogP contribution in [0.4, 0.5) is 5.69 Å². The Morgan fingerprint density at radius 2 is 1.86 bits per heavy atom. The second-order valence-electron chi connectivity index (χ2n) is 7.99. The summed E-state index contributed by atoms with van der Waals surface area (Å²) in [5.74, 6) is 1.02. The maximum atomic E-state index is 12.9. The molecule has 2 aromatic heterocycles. The van der Waals surface area contributed by atoms with Crippen molar-refractivity contribution in [2.45, 2.75) is 12.1 Å². The average molecular weight is 523 g/mol. The fraction of sp³-hybridized carbons (Fsp3) is 0.115. The van der Waals surface area contributed by atoms with E-state index in [0.29, 0.717) is 32.4 Å². The summed E-state index contributed by atoms with van der Waals surface area (Å²) in [4.78, 5) is 19.3. The molecule has 0 spiro atoms. The van der Waals surface area contributed by atoms with Crippen LogP contribution in [0.2, 0.25) is 10.0 Å². The van der Waals surface area contributed by atoms with Crippen LogP contribution in [0.25, 0.3) is 11.3 Å². The lowest BCUT2D eigenvalue weighted by atomic mass is 10.0. The van der Waals surface area contributed by atoms with Crippen molar-refractivity contribution >= 4 is 52.1 Å². The quantitative estimate of drug-likeness (QED) is 0.291. The van der Waals surface area contributed by atoms with Gasteiger partial charge in [0.25, 0.3) is 0 Å². The van der Waals surface area contributed by atoms with Crippen molar-refractivity contribution in [2.75, 3.05) is 11.9 Å². The summed E-state index contributed by atoms with van der Waals surface area (Å²) < 4.78 is 6.28. The van der Waals surface area contributed by atoms with E-state index in [1.54, 1.807) is 18.3 Å². The first-order chi connectivity index (χ1) is 17.0. The number of pyridine rings is 1. The number of aromatic nitrogens is 1. The third kappa shape index (κ3) is 5.03. The van der Waals surface area contributed by atoms with Gasteiger partial charge in [-0.15, -0.1) is 0 Å². The number of carbonyl (C=O) groups is 1. The first kappa shape index (κ1) is 23.4. The zero-order chi connectivity index (χ0) is 24.4. The number of amides is 1. The number of rotatable bonds is 6. The molecule has 3 heterocycles. The molecule has 4 aromatic rings. The number of nitrogens with one attached hydrogen (secondary N) is 2. The monoisotopic (exact) mass is 522 g/mol. The van der Waals surface area contributed by atoms with Gasteiger partial charge in [0.05, 0.1) is 16.8 Å². The highest BCUT2D eigenvalue weighted by atomic mass is 35.5. The summed E-state index contributed by atoms with van der Waals surface area (Å²) in [6, 6.07) is 23.2. The minimum Gasteiger partial charge on any atom is -0.459 e. The van der Waals surface area contributed by atoms with Crippen molar-refractivity contribution in [1.29, 1.82) is 0 Å². The predicted octanol–water partition coefficient (Wildman–Crippen LogP) is 6.26. The summed E-state index contributed by atoms with van der Waals surface area (Å²) in [7, 11) is 0. The van der Waals surface area contributed by atoms with Gasteiger partial charge in [0.1, 0.15) is 24.1 Å². The number of hydrogen-bond donors (Lipinski definition) is 2. The Morgan fingerprint density at radius 1 is 1.06 bits per heavy atom. The maximum absolute atomic E-state index is 12.9. The number of benzene rings is 2. The lowest BCUT2D eigenvalue weighted by molar-refractivity contribution is -0.116. The molecule has 0 saturated carbocycles. The molecule has 0 aliphatic carbocycles. The second-order valence-corrected chi connectivity index (χ2v) is 9.23. The van der Waals surface area contributed by atoms with Crippen molar-refractivity contribution in [3.8, 4) is 11.3 Å². The van der Waals surface area contributed by atoms with Crippen LogP contribution in [-0.2, 0) is 4.79 Å². The zero-order valence-corrected chi connectivity index (χ0v) is 20.6. The van der Waals surface area contributed by atoms with Gasteiger partial charge >= 0.3 is 0 Å². The molecule has 2 aromatic carbocycles. The van der Waals surface area contributed by atoms with Crippen LogP contribution in [-0.4, -0.2) is 27.4 Å². The standard InChI is InChI=1S/C26H20Cl2N4O2S/c27-16-9-10-18(19(28)14-16)21-11-12-22(34-21)25-24(20-8-4-5-13-29-20)31-26(35)32(25)15-23(33)30-17-6-2-1-3-7-17/h1-14,24-25H,15H2,(H,30,33)(H,31,35)/t24-,25-/m0/s1. The molecule has 1 fully saturated rings. The molecular formula is C26H20Cl2N4O2S. The highest BCUT2D eigenvalue weighted by Gasteiger charge is 2.42. The summed E-state index contributed by atoms with van der Waals surface area (Å²) in [6.45, 7) is 0.0342. The van der Waals surface area contributed by atoms with E-state index >= 15 is 0 Å². The van der Waals surface area contributed by atoms with Gasteiger partial charge in [-0.2, -0.15) is 0 Å². The SMILES string of the molecule is O=C(CN1C(=S)N[C@@H](c2ccccn2)[C@@H]1c1ccc(-c2ccc(Cl)cc2Cl)o1)Nc1ccccc1. The number of hydrogen-bond acceptors (Lipinski definition) is 4. The minimum atomic E-state index is -0.404. The van der Waals surface area contributed by atoms with E-state index in [2.05, 4.69) is 15.6 Å². The van der Waals surface area contributed by atoms with Gasteiger partial charge in [0.15, 0.2) is 5.11 Å². The van der Waals surface area contributed by atoms with Gasteiger partial charge in [0, 0.05) is 22.5 Å². The van der Waals surface area contributed by atoms with Gasteiger partial charge in [-0.1, -0.05) is 47.5 Å². The van der Waals surface area contributed by atoms with E-state index in [1.165, 1.54) is 0 Å². The molecule has 1 aliphatic heterocycles. The number of furan rings is 1. The topological polar surface area (TPSA) is 70.4 Å². The number of halogens is 2. The van der Waals surface area contributed by atoms with E-state index in [9.17, 15) is 4.79 Å². The molecule has 0 bridgehead atoms. The van der Waals surface area contributed by atoms with E-state index in [1.807, 2.05) is 71.6 Å². The molecule has 176 valence electrons. The largest absolute Gasteiger partial charge is 0.459 e. The summed E-state index contributed by atoms with van der Waals surface area (Å²) >= 11 is 18.1. The van der Waals surface area contributed by atoms with Crippen molar-refractivity contribution in [1.82, 2.24) is 15.2 Å². The fourth-order valence-electron chi connectivity index (χ4n) is 4.11. The average Bonchev–Trinajstić information content (AvgIpc) is 3.45. The Kier molecular flexibility index (Phi) is 6.72. The number of para-hydroxylation sites is 1. The van der Waals surface area contributed by atoms with Gasteiger partial charge < -0.3 is 20.0 Å². The molecule has 5 rings (SSSR count). The van der Waals surface area contributed by atoms with Gasteiger partial charge in [-0.05, 0) is 66.8 Å². The molecule has 1 saturated heterocycles. The third-order valence-corrected chi connectivity index (χ3v) is 6.58. The highest BCUT2D eigenvalue weighted by molar-refractivity contribution is 7.80. The molecule has 35 heavy (non-hydrogen) atoms. The van der Waals surface area contributed by atoms with Gasteiger partial charge in [-0.3, -0.25) is 9.78 Å². The number of nitrogens with zero attached hydrogens (tertiary/aromatic N) is 2. The first-order valence-corrected chi connectivity index (χ1v) is 12.0. The van der Waals surface area contributed by atoms with Crippen LogP contribution in [0, 0.1) is 0 Å². The third-order valence-electron chi connectivity index (χ3n) is 5.68. The Bertz CT molecular complexity index is 1360. The van der Waals surface area contributed by atoms with Crippen LogP contribution >= 0.6 is 35.4 Å². The Labute approximate surface area is 217 Å². The van der Waals surface area contributed by atoms with Crippen LogP contribution in [0.15, 0.2) is 89.5 Å². The molecule has 2 atom stereocenters. The predicted molar refractivity (Wildman–Crippen MR) is 141 cm³/mol. The molecule has 1 aliphatic rings. The van der Waals surface area contributed by atoms with Crippen molar-refractivity contribution in [2.24, 2.45) is 0 Å². The molecule has 2 N–H and O–H groups in total. The smallest absolute Gasteiger partial charge is 0.244 e. The fourth-order valence-corrected chi connectivity index (χ4v) is 4.91. The van der Waals surface area contributed by atoms with E-state index in [0.717, 1.165) is 11.3 Å². The van der Waals surface area contributed by atoms with Gasteiger partial charge in [0.2, 0.25) is 5.91 Å². The van der Waals surface area contributed by atoms with E-state index in [4.69, 9.17) is 39.8 Å². The molecule has 6 nitrogen and oxygen atoms in total. The van der Waals surface area contributed by atoms with E-state index in [-0.39, 0.29) is 18.5 Å². The summed E-state index contributed by atoms with van der Waals surface area (Å²) in [5, 5.41) is 7.70. The Morgan fingerprint density at radius 3 is 2.60 bits per heavy atom. The Hall–Kier alpha value is -3.39. The van der Waals surface area contributed by atoms with Gasteiger partial charge in [-0.25, -0.2) is 0 Å². The summed E-state index contributed by atoms with van der Waals surface area (Å²) in [5.41, 5.74) is 2.22. The Balaban J connectivity index is 1.47.